The van der Waals surface area contributed by atoms with Gasteiger partial charge in [0.05, 0.1) is 79.3 Å². The quantitative estimate of drug-likeness (QED) is 0.210. The molecule has 26 heavy (non-hydrogen) atoms. The third-order valence-electron chi connectivity index (χ3n) is 3.06. The van der Waals surface area contributed by atoms with E-state index < -0.39 is 0 Å². The molecular weight excluding hydrogens is 340 g/mol. The van der Waals surface area contributed by atoms with Gasteiger partial charge < -0.3 is 33.2 Å². The average molecular weight is 376 g/mol. The van der Waals surface area contributed by atoms with Crippen molar-refractivity contribution in [2.24, 2.45) is 0 Å². The van der Waals surface area contributed by atoms with Gasteiger partial charge in [0.25, 0.3) is 0 Å². The molecule has 0 rings (SSSR count). The summed E-state index contributed by atoms with van der Waals surface area (Å²) >= 11 is 0. The van der Waals surface area contributed by atoms with Crippen molar-refractivity contribution >= 4 is 0 Å². The van der Waals surface area contributed by atoms with Crippen LogP contribution in [0.4, 0.5) is 0 Å². The summed E-state index contributed by atoms with van der Waals surface area (Å²) in [4.78, 5) is 0. The van der Waals surface area contributed by atoms with Gasteiger partial charge in [0.1, 0.15) is 6.61 Å². The van der Waals surface area contributed by atoms with Gasteiger partial charge in [-0.1, -0.05) is 19.3 Å². The molecule has 0 aromatic rings. The Morgan fingerprint density at radius 1 is 0.500 bits per heavy atom. The number of ether oxygens (including phenoxy) is 7. The second-order valence-corrected chi connectivity index (χ2v) is 5.28. The Bertz CT molecular complexity index is 294. The molecule has 0 atom stereocenters. The molecule has 0 aromatic carbocycles. The molecule has 7 nitrogen and oxygen atoms in total. The zero-order chi connectivity index (χ0) is 19.0. The molecule has 0 aliphatic carbocycles. The lowest BCUT2D eigenvalue weighted by Crippen LogP contribution is -2.14. The molecule has 0 spiro atoms. The predicted octanol–water partition coefficient (Wildman–Crippen LogP) is 1.54. The maximum absolute atomic E-state index is 5.40. The largest absolute Gasteiger partial charge is 0.379 e. The molecule has 0 amide bonds. The van der Waals surface area contributed by atoms with E-state index in [0.29, 0.717) is 85.9 Å². The van der Waals surface area contributed by atoms with Crippen LogP contribution in [0.5, 0.6) is 0 Å². The van der Waals surface area contributed by atoms with Gasteiger partial charge in [-0.05, 0) is 6.42 Å². The molecule has 7 heteroatoms. The number of terminal acetylenes is 1. The summed E-state index contributed by atoms with van der Waals surface area (Å²) in [5.74, 6) is 2.39. The van der Waals surface area contributed by atoms with E-state index in [0.717, 1.165) is 19.4 Å². The number of rotatable bonds is 22. The maximum Gasteiger partial charge on any atom is 0.107 e. The highest BCUT2D eigenvalue weighted by molar-refractivity contribution is 4.82. The number of unbranched alkanes of at least 4 members (excludes halogenated alkanes) is 1. The standard InChI is InChI=1S/C19H36O7/c1-3-5-7-21-9-11-23-13-15-25-17-19-26-18-16-24-14-12-22-10-8-20-6-4-2/h2H,3,5-19H2,1H3. The maximum atomic E-state index is 5.40. The van der Waals surface area contributed by atoms with Crippen LogP contribution in [0.3, 0.4) is 0 Å². The van der Waals surface area contributed by atoms with Crippen molar-refractivity contribution in [3.63, 3.8) is 0 Å². The monoisotopic (exact) mass is 376 g/mol. The van der Waals surface area contributed by atoms with E-state index in [1.54, 1.807) is 0 Å². The first-order valence-electron chi connectivity index (χ1n) is 9.39. The fourth-order valence-electron chi connectivity index (χ4n) is 1.70. The molecule has 0 unspecified atom stereocenters. The van der Waals surface area contributed by atoms with Crippen LogP contribution in [0.2, 0.25) is 0 Å². The zero-order valence-corrected chi connectivity index (χ0v) is 16.2. The van der Waals surface area contributed by atoms with E-state index in [-0.39, 0.29) is 0 Å². The Morgan fingerprint density at radius 3 is 1.12 bits per heavy atom. The highest BCUT2D eigenvalue weighted by Gasteiger charge is 1.94. The van der Waals surface area contributed by atoms with Crippen LogP contribution in [-0.4, -0.2) is 92.5 Å². The Morgan fingerprint density at radius 2 is 0.808 bits per heavy atom. The smallest absolute Gasteiger partial charge is 0.107 e. The van der Waals surface area contributed by atoms with E-state index in [9.17, 15) is 0 Å². The minimum atomic E-state index is 0.321. The lowest BCUT2D eigenvalue weighted by atomic mass is 10.4. The molecule has 0 N–H and O–H groups in total. The summed E-state index contributed by atoms with van der Waals surface area (Å²) < 4.78 is 37.3. The summed E-state index contributed by atoms with van der Waals surface area (Å²) in [5, 5.41) is 0. The molecule has 0 aliphatic rings. The van der Waals surface area contributed by atoms with Crippen LogP contribution in [0.1, 0.15) is 19.8 Å². The second kappa shape index (κ2) is 24.3. The van der Waals surface area contributed by atoms with Crippen LogP contribution >= 0.6 is 0 Å². The van der Waals surface area contributed by atoms with Gasteiger partial charge in [-0.2, -0.15) is 0 Å². The van der Waals surface area contributed by atoms with Crippen LogP contribution < -0.4 is 0 Å². The Hall–Kier alpha value is -0.720. The van der Waals surface area contributed by atoms with E-state index in [2.05, 4.69) is 12.8 Å². The lowest BCUT2D eigenvalue weighted by molar-refractivity contribution is -0.0197. The SMILES string of the molecule is C#CCOCCOCCOCCOCCOCCOCCOCCCC. The van der Waals surface area contributed by atoms with Crippen LogP contribution in [0, 0.1) is 12.3 Å². The number of hydrogen-bond acceptors (Lipinski definition) is 7. The molecule has 0 saturated heterocycles. The van der Waals surface area contributed by atoms with Crippen molar-refractivity contribution in [3.05, 3.63) is 0 Å². The van der Waals surface area contributed by atoms with Crippen LogP contribution in [0.25, 0.3) is 0 Å². The van der Waals surface area contributed by atoms with Gasteiger partial charge in [-0.15, -0.1) is 6.42 Å². The van der Waals surface area contributed by atoms with Gasteiger partial charge in [-0.25, -0.2) is 0 Å². The molecule has 154 valence electrons. The van der Waals surface area contributed by atoms with Crippen molar-refractivity contribution in [2.45, 2.75) is 19.8 Å². The van der Waals surface area contributed by atoms with Gasteiger partial charge in [-0.3, -0.25) is 0 Å². The molecule has 0 heterocycles. The minimum absolute atomic E-state index is 0.321. The van der Waals surface area contributed by atoms with E-state index in [1.165, 1.54) is 0 Å². The minimum Gasteiger partial charge on any atom is -0.379 e. The van der Waals surface area contributed by atoms with Gasteiger partial charge >= 0.3 is 0 Å². The molecule has 0 bridgehead atoms. The van der Waals surface area contributed by atoms with E-state index >= 15 is 0 Å². The van der Waals surface area contributed by atoms with Crippen molar-refractivity contribution < 1.29 is 33.2 Å². The number of hydrogen-bond donors (Lipinski definition) is 0. The highest BCUT2D eigenvalue weighted by atomic mass is 16.6. The highest BCUT2D eigenvalue weighted by Crippen LogP contribution is 1.88. The van der Waals surface area contributed by atoms with Crippen molar-refractivity contribution in [3.8, 4) is 12.3 Å². The van der Waals surface area contributed by atoms with Gasteiger partial charge in [0, 0.05) is 6.61 Å². The van der Waals surface area contributed by atoms with Crippen molar-refractivity contribution in [1.82, 2.24) is 0 Å². The molecule has 0 saturated carbocycles. The van der Waals surface area contributed by atoms with Gasteiger partial charge in [0.2, 0.25) is 0 Å². The third-order valence-corrected chi connectivity index (χ3v) is 3.06. The summed E-state index contributed by atoms with van der Waals surface area (Å²) in [7, 11) is 0. The Balaban J connectivity index is 2.96. The first kappa shape index (κ1) is 25.3. The second-order valence-electron chi connectivity index (χ2n) is 5.28. The van der Waals surface area contributed by atoms with Crippen LogP contribution in [-0.2, 0) is 33.2 Å². The molecular formula is C19H36O7. The topological polar surface area (TPSA) is 64.6 Å². The third kappa shape index (κ3) is 23.3. The Kier molecular flexibility index (Phi) is 23.6. The first-order chi connectivity index (χ1) is 12.9. The summed E-state index contributed by atoms with van der Waals surface area (Å²) in [6, 6.07) is 0. The van der Waals surface area contributed by atoms with Crippen molar-refractivity contribution in [1.29, 1.82) is 0 Å². The van der Waals surface area contributed by atoms with E-state index in [1.807, 2.05) is 0 Å². The molecule has 0 aliphatic heterocycles. The van der Waals surface area contributed by atoms with Crippen LogP contribution in [0.15, 0.2) is 0 Å². The summed E-state index contributed by atoms with van der Waals surface area (Å²) in [6.07, 6.45) is 7.31. The fourth-order valence-corrected chi connectivity index (χ4v) is 1.70. The lowest BCUT2D eigenvalue weighted by Gasteiger charge is -2.08. The van der Waals surface area contributed by atoms with Gasteiger partial charge in [0.15, 0.2) is 0 Å². The molecule has 0 aromatic heterocycles. The van der Waals surface area contributed by atoms with Crippen molar-refractivity contribution in [2.75, 3.05) is 92.5 Å². The van der Waals surface area contributed by atoms with E-state index in [4.69, 9.17) is 39.6 Å². The normalized spacial score (nSPS) is 10.9. The molecule has 0 radical (unpaired) electrons. The first-order valence-corrected chi connectivity index (χ1v) is 9.39. The average Bonchev–Trinajstić information content (AvgIpc) is 2.66. The fraction of sp³-hybridized carbons (Fsp3) is 0.895. The summed E-state index contributed by atoms with van der Waals surface area (Å²) in [6.45, 7) is 9.96. The Labute approximate surface area is 158 Å². The predicted molar refractivity (Wildman–Crippen MR) is 99.5 cm³/mol. The zero-order valence-electron chi connectivity index (χ0n) is 16.2. The molecule has 0 fully saturated rings. The summed E-state index contributed by atoms with van der Waals surface area (Å²) in [5.41, 5.74) is 0.